The van der Waals surface area contributed by atoms with Crippen molar-refractivity contribution in [2.75, 3.05) is 37.5 Å². The minimum atomic E-state index is 0.662. The molecule has 0 spiro atoms. The van der Waals surface area contributed by atoms with E-state index in [2.05, 4.69) is 29.3 Å². The van der Waals surface area contributed by atoms with Gasteiger partial charge >= 0.3 is 0 Å². The predicted molar refractivity (Wildman–Crippen MR) is 109 cm³/mol. The first-order valence-electron chi connectivity index (χ1n) is 9.21. The number of nitrogens with one attached hydrogen (secondary N) is 1. The van der Waals surface area contributed by atoms with Crippen LogP contribution >= 0.6 is 0 Å². The number of fused-ring (bicyclic) bond motifs is 1. The maximum atomic E-state index is 5.48. The van der Waals surface area contributed by atoms with Crippen molar-refractivity contribution in [3.63, 3.8) is 0 Å². The number of rotatable bonds is 5. The molecule has 0 bridgehead atoms. The SMILES string of the molecule is COc1cc2nc(N3CCCC3)nc(Nc3ccccc3C)c2cc1OC. The maximum Gasteiger partial charge on any atom is 0.227 e. The third-order valence-corrected chi connectivity index (χ3v) is 4.98. The second-order valence-electron chi connectivity index (χ2n) is 6.73. The van der Waals surface area contributed by atoms with Crippen LogP contribution in [0, 0.1) is 6.92 Å². The molecule has 1 aliphatic heterocycles. The zero-order chi connectivity index (χ0) is 18.8. The van der Waals surface area contributed by atoms with Gasteiger partial charge in [-0.25, -0.2) is 4.98 Å². The second kappa shape index (κ2) is 7.31. The van der Waals surface area contributed by atoms with Crippen molar-refractivity contribution >= 4 is 28.4 Å². The third-order valence-electron chi connectivity index (χ3n) is 4.98. The van der Waals surface area contributed by atoms with Crippen molar-refractivity contribution in [3.8, 4) is 11.5 Å². The summed E-state index contributed by atoms with van der Waals surface area (Å²) in [7, 11) is 3.27. The summed E-state index contributed by atoms with van der Waals surface area (Å²) in [6.07, 6.45) is 2.35. The van der Waals surface area contributed by atoms with Crippen molar-refractivity contribution in [2.45, 2.75) is 19.8 Å². The minimum absolute atomic E-state index is 0.662. The molecule has 0 unspecified atom stereocenters. The highest BCUT2D eigenvalue weighted by atomic mass is 16.5. The zero-order valence-electron chi connectivity index (χ0n) is 16.0. The third kappa shape index (κ3) is 3.35. The molecule has 0 radical (unpaired) electrons. The van der Waals surface area contributed by atoms with Gasteiger partial charge in [0.1, 0.15) is 5.82 Å². The van der Waals surface area contributed by atoms with Crippen molar-refractivity contribution in [1.29, 1.82) is 0 Å². The van der Waals surface area contributed by atoms with E-state index in [4.69, 9.17) is 19.4 Å². The van der Waals surface area contributed by atoms with E-state index in [1.807, 2.05) is 24.3 Å². The number of benzene rings is 2. The molecule has 0 aliphatic carbocycles. The zero-order valence-corrected chi connectivity index (χ0v) is 16.0. The van der Waals surface area contributed by atoms with Gasteiger partial charge in [0.2, 0.25) is 5.95 Å². The molecule has 1 N–H and O–H groups in total. The van der Waals surface area contributed by atoms with Crippen LogP contribution in [0.4, 0.5) is 17.5 Å². The average molecular weight is 364 g/mol. The second-order valence-corrected chi connectivity index (χ2v) is 6.73. The minimum Gasteiger partial charge on any atom is -0.493 e. The van der Waals surface area contributed by atoms with Gasteiger partial charge in [0.05, 0.1) is 19.7 Å². The number of anilines is 3. The Morgan fingerprint density at radius 1 is 0.963 bits per heavy atom. The predicted octanol–water partition coefficient (Wildman–Crippen LogP) is 4.30. The van der Waals surface area contributed by atoms with E-state index < -0.39 is 0 Å². The molecule has 1 aromatic heterocycles. The van der Waals surface area contributed by atoms with Gasteiger partial charge in [0.15, 0.2) is 11.5 Å². The highest BCUT2D eigenvalue weighted by Crippen LogP contribution is 2.36. The standard InChI is InChI=1S/C21H24N4O2/c1-14-8-4-5-9-16(14)22-20-15-12-18(26-2)19(27-3)13-17(15)23-21(24-20)25-10-6-7-11-25/h4-5,8-9,12-13H,6-7,10-11H2,1-3H3,(H,22,23,24). The van der Waals surface area contributed by atoms with E-state index in [-0.39, 0.29) is 0 Å². The summed E-state index contributed by atoms with van der Waals surface area (Å²) in [4.78, 5) is 11.9. The fourth-order valence-corrected chi connectivity index (χ4v) is 3.44. The molecular weight excluding hydrogens is 340 g/mol. The summed E-state index contributed by atoms with van der Waals surface area (Å²) in [5.41, 5.74) is 3.02. The van der Waals surface area contributed by atoms with E-state index >= 15 is 0 Å². The van der Waals surface area contributed by atoms with Gasteiger partial charge in [0, 0.05) is 30.2 Å². The topological polar surface area (TPSA) is 59.5 Å². The van der Waals surface area contributed by atoms with Crippen molar-refractivity contribution in [2.24, 2.45) is 0 Å². The fourth-order valence-electron chi connectivity index (χ4n) is 3.44. The summed E-state index contributed by atoms with van der Waals surface area (Å²) in [5.74, 6) is 2.86. The molecule has 1 saturated heterocycles. The first kappa shape index (κ1) is 17.4. The van der Waals surface area contributed by atoms with Crippen molar-refractivity contribution in [3.05, 3.63) is 42.0 Å². The maximum absolute atomic E-state index is 5.48. The first-order chi connectivity index (χ1) is 13.2. The Labute approximate surface area is 159 Å². The molecule has 0 saturated carbocycles. The van der Waals surface area contributed by atoms with Gasteiger partial charge in [-0.3, -0.25) is 0 Å². The molecular formula is C21H24N4O2. The molecule has 0 atom stereocenters. The van der Waals surface area contributed by atoms with Crippen molar-refractivity contribution < 1.29 is 9.47 Å². The molecule has 0 amide bonds. The lowest BCUT2D eigenvalue weighted by molar-refractivity contribution is 0.356. The van der Waals surface area contributed by atoms with Crippen LogP contribution in [0.1, 0.15) is 18.4 Å². The Bertz CT molecular complexity index is 968. The van der Waals surface area contributed by atoms with Gasteiger partial charge in [-0.2, -0.15) is 4.98 Å². The van der Waals surface area contributed by atoms with Crippen molar-refractivity contribution in [1.82, 2.24) is 9.97 Å². The Morgan fingerprint density at radius 2 is 1.67 bits per heavy atom. The lowest BCUT2D eigenvalue weighted by atomic mass is 10.1. The summed E-state index contributed by atoms with van der Waals surface area (Å²) in [6.45, 7) is 4.06. The van der Waals surface area contributed by atoms with E-state index in [0.717, 1.165) is 47.0 Å². The van der Waals surface area contributed by atoms with Gasteiger partial charge in [0.25, 0.3) is 0 Å². The van der Waals surface area contributed by atoms with E-state index in [1.54, 1.807) is 14.2 Å². The van der Waals surface area contributed by atoms with Crippen LogP contribution in [0.2, 0.25) is 0 Å². The number of hydrogen-bond donors (Lipinski definition) is 1. The number of aromatic nitrogens is 2. The number of ether oxygens (including phenoxy) is 2. The highest BCUT2D eigenvalue weighted by molar-refractivity contribution is 5.94. The molecule has 27 heavy (non-hydrogen) atoms. The van der Waals surface area contributed by atoms with Gasteiger partial charge in [-0.1, -0.05) is 18.2 Å². The first-order valence-corrected chi connectivity index (χ1v) is 9.21. The number of nitrogens with zero attached hydrogens (tertiary/aromatic N) is 3. The lowest BCUT2D eigenvalue weighted by Gasteiger charge is -2.19. The van der Waals surface area contributed by atoms with Crippen LogP contribution in [-0.2, 0) is 0 Å². The Hall–Kier alpha value is -3.02. The van der Waals surface area contributed by atoms with Crippen LogP contribution in [0.3, 0.4) is 0 Å². The van der Waals surface area contributed by atoms with Gasteiger partial charge in [-0.05, 0) is 37.5 Å². The number of para-hydroxylation sites is 1. The number of methoxy groups -OCH3 is 2. The Balaban J connectivity index is 1.88. The quantitative estimate of drug-likeness (QED) is 0.728. The Kier molecular flexibility index (Phi) is 4.71. The van der Waals surface area contributed by atoms with Crippen LogP contribution in [-0.4, -0.2) is 37.3 Å². The highest BCUT2D eigenvalue weighted by Gasteiger charge is 2.19. The van der Waals surface area contributed by atoms with Gasteiger partial charge < -0.3 is 19.7 Å². The molecule has 1 fully saturated rings. The van der Waals surface area contributed by atoms with Crippen LogP contribution in [0.5, 0.6) is 11.5 Å². The Morgan fingerprint density at radius 3 is 2.37 bits per heavy atom. The monoisotopic (exact) mass is 364 g/mol. The molecule has 6 nitrogen and oxygen atoms in total. The smallest absolute Gasteiger partial charge is 0.227 e. The summed E-state index contributed by atoms with van der Waals surface area (Å²) < 4.78 is 11.0. The lowest BCUT2D eigenvalue weighted by Crippen LogP contribution is -2.21. The number of hydrogen-bond acceptors (Lipinski definition) is 6. The van der Waals surface area contributed by atoms with E-state index in [0.29, 0.717) is 11.5 Å². The molecule has 1 aliphatic rings. The van der Waals surface area contributed by atoms with Crippen LogP contribution in [0.25, 0.3) is 10.9 Å². The number of aryl methyl sites for hydroxylation is 1. The molecule has 2 aromatic carbocycles. The molecule has 3 aromatic rings. The van der Waals surface area contributed by atoms with Crippen LogP contribution in [0.15, 0.2) is 36.4 Å². The summed E-state index contributed by atoms with van der Waals surface area (Å²) in [5, 5.41) is 4.40. The normalized spacial score (nSPS) is 13.8. The van der Waals surface area contributed by atoms with Gasteiger partial charge in [-0.15, -0.1) is 0 Å². The summed E-state index contributed by atoms with van der Waals surface area (Å²) in [6, 6.07) is 12.0. The molecule has 4 rings (SSSR count). The van der Waals surface area contributed by atoms with E-state index in [9.17, 15) is 0 Å². The molecule has 6 heteroatoms. The van der Waals surface area contributed by atoms with E-state index in [1.165, 1.54) is 12.8 Å². The molecule has 2 heterocycles. The van der Waals surface area contributed by atoms with Crippen LogP contribution < -0.4 is 19.7 Å². The summed E-state index contributed by atoms with van der Waals surface area (Å²) >= 11 is 0. The largest absolute Gasteiger partial charge is 0.493 e. The average Bonchev–Trinajstić information content (AvgIpc) is 3.23. The fraction of sp³-hybridized carbons (Fsp3) is 0.333. The molecule has 140 valence electrons.